The van der Waals surface area contributed by atoms with Crippen molar-refractivity contribution in [2.24, 2.45) is 0 Å². The van der Waals surface area contributed by atoms with E-state index in [9.17, 15) is 4.79 Å². The third-order valence-corrected chi connectivity index (χ3v) is 2.93. The first-order valence-corrected chi connectivity index (χ1v) is 5.55. The molecule has 88 valence electrons. The molecule has 5 heteroatoms. The van der Waals surface area contributed by atoms with Gasteiger partial charge in [0.1, 0.15) is 6.07 Å². The smallest absolute Gasteiger partial charge is 0.222 e. The highest BCUT2D eigenvalue weighted by Gasteiger charge is 2.23. The zero-order valence-corrected chi connectivity index (χ0v) is 9.68. The quantitative estimate of drug-likeness (QED) is 0.822. The number of hydrogen-bond acceptors (Lipinski definition) is 4. The van der Waals surface area contributed by atoms with Crippen molar-refractivity contribution < 1.29 is 4.79 Å². The third kappa shape index (κ3) is 2.53. The number of likely N-dealkylation sites (tertiary alicyclic amines) is 1. The summed E-state index contributed by atoms with van der Waals surface area (Å²) in [6, 6.07) is 3.99. The van der Waals surface area contributed by atoms with Crippen LogP contribution in [0.2, 0.25) is 0 Å². The van der Waals surface area contributed by atoms with E-state index in [2.05, 4.69) is 16.4 Å². The first kappa shape index (κ1) is 11.4. The molecule has 1 aliphatic rings. The van der Waals surface area contributed by atoms with Crippen LogP contribution in [0.1, 0.15) is 18.4 Å². The number of nitriles is 1. The summed E-state index contributed by atoms with van der Waals surface area (Å²) >= 11 is 0. The summed E-state index contributed by atoms with van der Waals surface area (Å²) in [5.41, 5.74) is 1.32. The molecule has 1 fully saturated rings. The highest BCUT2D eigenvalue weighted by molar-refractivity contribution is 5.77. The molecule has 0 aromatic carbocycles. The minimum atomic E-state index is 0.176. The maximum Gasteiger partial charge on any atom is 0.222 e. The molecule has 1 aromatic heterocycles. The van der Waals surface area contributed by atoms with E-state index in [1.165, 1.54) is 0 Å². The zero-order valence-electron chi connectivity index (χ0n) is 9.68. The fourth-order valence-corrected chi connectivity index (χ4v) is 1.96. The number of amides is 1. The third-order valence-electron chi connectivity index (χ3n) is 2.93. The molecule has 1 saturated heterocycles. The van der Waals surface area contributed by atoms with Crippen molar-refractivity contribution in [2.75, 3.05) is 18.9 Å². The molecule has 1 amide bonds. The second kappa shape index (κ2) is 4.83. The highest BCUT2D eigenvalue weighted by atomic mass is 16.2. The standard InChI is InChI=1S/C12H14N4O/c1-16-8-10(2-3-12(16)17)15-11-7-14-5-4-9(11)6-13/h4-5,7,10,15H,2-3,8H2,1H3. The van der Waals surface area contributed by atoms with Crippen LogP contribution in [0.5, 0.6) is 0 Å². The van der Waals surface area contributed by atoms with E-state index in [4.69, 9.17) is 5.26 Å². The number of carbonyl (C=O) groups is 1. The maximum absolute atomic E-state index is 11.3. The summed E-state index contributed by atoms with van der Waals surface area (Å²) in [6.07, 6.45) is 4.59. The Morgan fingerprint density at radius 1 is 1.65 bits per heavy atom. The second-order valence-corrected chi connectivity index (χ2v) is 4.19. The Morgan fingerprint density at radius 3 is 3.18 bits per heavy atom. The van der Waals surface area contributed by atoms with Crippen LogP contribution >= 0.6 is 0 Å². The number of nitrogens with one attached hydrogen (secondary N) is 1. The van der Waals surface area contributed by atoms with Gasteiger partial charge in [-0.15, -0.1) is 0 Å². The maximum atomic E-state index is 11.3. The van der Waals surface area contributed by atoms with Crippen molar-refractivity contribution in [3.05, 3.63) is 24.0 Å². The SMILES string of the molecule is CN1CC(Nc2cnccc2C#N)CCC1=O. The van der Waals surface area contributed by atoms with Crippen molar-refractivity contribution in [1.29, 1.82) is 5.26 Å². The van der Waals surface area contributed by atoms with E-state index in [0.29, 0.717) is 18.5 Å². The monoisotopic (exact) mass is 230 g/mol. The number of anilines is 1. The fraction of sp³-hybridized carbons (Fsp3) is 0.417. The van der Waals surface area contributed by atoms with Gasteiger partial charge < -0.3 is 10.2 Å². The van der Waals surface area contributed by atoms with E-state index in [1.807, 2.05) is 0 Å². The number of piperidine rings is 1. The molecular formula is C12H14N4O. The van der Waals surface area contributed by atoms with Gasteiger partial charge in [0.05, 0.1) is 17.4 Å². The van der Waals surface area contributed by atoms with Crippen molar-refractivity contribution in [1.82, 2.24) is 9.88 Å². The Balaban J connectivity index is 2.07. The van der Waals surface area contributed by atoms with Gasteiger partial charge in [-0.25, -0.2) is 0 Å². The first-order valence-electron chi connectivity index (χ1n) is 5.55. The number of rotatable bonds is 2. The molecule has 1 N–H and O–H groups in total. The molecule has 0 saturated carbocycles. The lowest BCUT2D eigenvalue weighted by molar-refractivity contribution is -0.132. The number of pyridine rings is 1. The lowest BCUT2D eigenvalue weighted by Gasteiger charge is -2.30. The number of aromatic nitrogens is 1. The lowest BCUT2D eigenvalue weighted by atomic mass is 10.1. The van der Waals surface area contributed by atoms with Gasteiger partial charge in [-0.1, -0.05) is 0 Å². The molecule has 17 heavy (non-hydrogen) atoms. The van der Waals surface area contributed by atoms with E-state index >= 15 is 0 Å². The van der Waals surface area contributed by atoms with Crippen LogP contribution < -0.4 is 5.32 Å². The molecule has 1 aliphatic heterocycles. The van der Waals surface area contributed by atoms with E-state index in [-0.39, 0.29) is 11.9 Å². The summed E-state index contributed by atoms with van der Waals surface area (Å²) in [4.78, 5) is 17.1. The number of nitrogens with zero attached hydrogens (tertiary/aromatic N) is 3. The van der Waals surface area contributed by atoms with Crippen molar-refractivity contribution in [3.8, 4) is 6.07 Å². The molecule has 1 unspecified atom stereocenters. The van der Waals surface area contributed by atoms with Crippen LogP contribution in [0, 0.1) is 11.3 Å². The van der Waals surface area contributed by atoms with Gasteiger partial charge in [0.25, 0.3) is 0 Å². The van der Waals surface area contributed by atoms with Crippen molar-refractivity contribution in [3.63, 3.8) is 0 Å². The zero-order chi connectivity index (χ0) is 12.3. The Kier molecular flexibility index (Phi) is 3.24. The van der Waals surface area contributed by atoms with Gasteiger partial charge in [0.2, 0.25) is 5.91 Å². The van der Waals surface area contributed by atoms with Crippen LogP contribution in [0.3, 0.4) is 0 Å². The molecular weight excluding hydrogens is 216 g/mol. The Bertz CT molecular complexity index is 466. The van der Waals surface area contributed by atoms with E-state index < -0.39 is 0 Å². The largest absolute Gasteiger partial charge is 0.378 e. The number of carbonyl (C=O) groups excluding carboxylic acids is 1. The first-order chi connectivity index (χ1) is 8.20. The average Bonchev–Trinajstić information content (AvgIpc) is 2.34. The fourth-order valence-electron chi connectivity index (χ4n) is 1.96. The van der Waals surface area contributed by atoms with E-state index in [1.54, 1.807) is 30.4 Å². The molecule has 0 aliphatic carbocycles. The number of hydrogen-bond donors (Lipinski definition) is 1. The molecule has 1 aromatic rings. The Hall–Kier alpha value is -2.09. The summed E-state index contributed by atoms with van der Waals surface area (Å²) in [7, 11) is 1.80. The predicted octanol–water partition coefficient (Wildman–Crippen LogP) is 0.986. The van der Waals surface area contributed by atoms with Crippen LogP contribution in [0.15, 0.2) is 18.5 Å². The normalized spacial score (nSPS) is 19.9. The van der Waals surface area contributed by atoms with Gasteiger partial charge in [0.15, 0.2) is 0 Å². The predicted molar refractivity (Wildman–Crippen MR) is 63.2 cm³/mol. The van der Waals surface area contributed by atoms with Crippen molar-refractivity contribution >= 4 is 11.6 Å². The molecule has 5 nitrogen and oxygen atoms in total. The summed E-state index contributed by atoms with van der Waals surface area (Å²) < 4.78 is 0. The van der Waals surface area contributed by atoms with Crippen LogP contribution in [-0.2, 0) is 4.79 Å². The minimum Gasteiger partial charge on any atom is -0.378 e. The average molecular weight is 230 g/mol. The topological polar surface area (TPSA) is 69.0 Å². The summed E-state index contributed by atoms with van der Waals surface area (Å²) in [6.45, 7) is 0.665. The Labute approximate surface area is 100 Å². The van der Waals surface area contributed by atoms with Crippen molar-refractivity contribution in [2.45, 2.75) is 18.9 Å². The van der Waals surface area contributed by atoms with Gasteiger partial charge in [-0.2, -0.15) is 5.26 Å². The molecule has 0 bridgehead atoms. The van der Waals surface area contributed by atoms with Gasteiger partial charge in [-0.3, -0.25) is 9.78 Å². The highest BCUT2D eigenvalue weighted by Crippen LogP contribution is 2.18. The van der Waals surface area contributed by atoms with Gasteiger partial charge >= 0.3 is 0 Å². The molecule has 2 heterocycles. The van der Waals surface area contributed by atoms with Gasteiger partial charge in [0, 0.05) is 32.3 Å². The minimum absolute atomic E-state index is 0.176. The number of likely N-dealkylation sites (N-methyl/N-ethyl adjacent to an activating group) is 1. The molecule has 2 rings (SSSR count). The molecule has 1 atom stereocenters. The second-order valence-electron chi connectivity index (χ2n) is 4.19. The van der Waals surface area contributed by atoms with Crippen LogP contribution in [0.4, 0.5) is 5.69 Å². The van der Waals surface area contributed by atoms with Gasteiger partial charge in [-0.05, 0) is 12.5 Å². The summed E-state index contributed by atoms with van der Waals surface area (Å²) in [5.74, 6) is 0.176. The van der Waals surface area contributed by atoms with E-state index in [0.717, 1.165) is 12.1 Å². The summed E-state index contributed by atoms with van der Waals surface area (Å²) in [5, 5.41) is 12.2. The van der Waals surface area contributed by atoms with Crippen LogP contribution in [0.25, 0.3) is 0 Å². The molecule has 0 radical (unpaired) electrons. The molecule has 0 spiro atoms. The Morgan fingerprint density at radius 2 is 2.47 bits per heavy atom. The van der Waals surface area contributed by atoms with Crippen LogP contribution in [-0.4, -0.2) is 35.4 Å². The lowest BCUT2D eigenvalue weighted by Crippen LogP contribution is -2.43.